The van der Waals surface area contributed by atoms with Crippen molar-refractivity contribution in [2.24, 2.45) is 5.10 Å². The largest absolute Gasteiger partial charge is 0.468 e. The van der Waals surface area contributed by atoms with E-state index in [1.807, 2.05) is 0 Å². The molecule has 1 aromatic heterocycles. The number of carbonyl (C=O) groups excluding carboxylic acids is 1. The van der Waals surface area contributed by atoms with Gasteiger partial charge in [-0.2, -0.15) is 5.10 Å². The van der Waals surface area contributed by atoms with Gasteiger partial charge in [0.2, 0.25) is 0 Å². The van der Waals surface area contributed by atoms with Gasteiger partial charge in [0.15, 0.2) is 0 Å². The summed E-state index contributed by atoms with van der Waals surface area (Å²) in [5.41, 5.74) is 3.46. The molecule has 1 aromatic carbocycles. The molecule has 1 N–H and O–H groups in total. The second kappa shape index (κ2) is 6.41. The maximum atomic E-state index is 11.0. The Morgan fingerprint density at radius 3 is 2.63 bits per heavy atom. The van der Waals surface area contributed by atoms with E-state index in [0.29, 0.717) is 22.8 Å². The first-order chi connectivity index (χ1) is 9.20. The molecule has 2 rings (SSSR count). The van der Waals surface area contributed by atoms with Crippen LogP contribution in [-0.4, -0.2) is 11.5 Å². The minimum Gasteiger partial charge on any atom is -0.468 e. The first kappa shape index (κ1) is 13.6. The molecule has 1 heterocycles. The Labute approximate surface area is 120 Å². The molecule has 0 radical (unpaired) electrons. The third-order valence-electron chi connectivity index (χ3n) is 2.38. The van der Waals surface area contributed by atoms with Gasteiger partial charge in [0.25, 0.3) is 0 Å². The number of benzene rings is 1. The van der Waals surface area contributed by atoms with E-state index >= 15 is 0 Å². The maximum absolute atomic E-state index is 11.0. The summed E-state index contributed by atoms with van der Waals surface area (Å²) in [7, 11) is 0. The zero-order chi connectivity index (χ0) is 13.7. The molecule has 0 amide bonds. The number of rotatable bonds is 5. The van der Waals surface area contributed by atoms with Crippen molar-refractivity contribution in [1.82, 2.24) is 0 Å². The summed E-state index contributed by atoms with van der Waals surface area (Å²) >= 11 is 11.8. The van der Waals surface area contributed by atoms with Gasteiger partial charge in [0.1, 0.15) is 23.1 Å². The molecule has 1 unspecified atom stereocenters. The zero-order valence-corrected chi connectivity index (χ0v) is 11.2. The van der Waals surface area contributed by atoms with Gasteiger partial charge in [0, 0.05) is 5.02 Å². The number of nitrogens with one attached hydrogen (secondary N) is 1. The van der Waals surface area contributed by atoms with E-state index in [2.05, 4.69) is 10.5 Å². The summed E-state index contributed by atoms with van der Waals surface area (Å²) in [4.78, 5) is 11.0. The number of hydrogen-bond acceptors (Lipinski definition) is 4. The van der Waals surface area contributed by atoms with Gasteiger partial charge in [-0.15, -0.1) is 0 Å². The quantitative estimate of drug-likeness (QED) is 0.517. The number of halogens is 2. The molecule has 2 aromatic rings. The van der Waals surface area contributed by atoms with Gasteiger partial charge in [0.05, 0.1) is 12.0 Å². The Morgan fingerprint density at radius 1 is 1.32 bits per heavy atom. The molecular weight excluding hydrogens is 287 g/mol. The number of furan rings is 1. The van der Waals surface area contributed by atoms with Gasteiger partial charge in [-0.1, -0.05) is 23.2 Å². The summed E-state index contributed by atoms with van der Waals surface area (Å²) in [6, 6.07) is 10.3. The predicted molar refractivity (Wildman–Crippen MR) is 75.9 cm³/mol. The van der Waals surface area contributed by atoms with Crippen molar-refractivity contribution >= 4 is 40.3 Å². The van der Waals surface area contributed by atoms with Crippen molar-refractivity contribution in [3.8, 4) is 0 Å². The Balaban J connectivity index is 2.09. The lowest BCUT2D eigenvalue weighted by molar-refractivity contribution is -0.108. The molecular formula is C13H10Cl2N2O2. The van der Waals surface area contributed by atoms with E-state index in [9.17, 15) is 4.79 Å². The molecule has 0 saturated carbocycles. The molecule has 0 aliphatic carbocycles. The van der Waals surface area contributed by atoms with Gasteiger partial charge in [-0.25, -0.2) is 0 Å². The van der Waals surface area contributed by atoms with Crippen LogP contribution in [-0.2, 0) is 4.79 Å². The van der Waals surface area contributed by atoms with Crippen LogP contribution in [0.2, 0.25) is 5.02 Å². The Bertz CT molecular complexity index is 565. The third-order valence-corrected chi connectivity index (χ3v) is 2.95. The average molecular weight is 297 g/mol. The van der Waals surface area contributed by atoms with E-state index in [0.717, 1.165) is 0 Å². The van der Waals surface area contributed by atoms with E-state index in [1.165, 1.54) is 6.26 Å². The summed E-state index contributed by atoms with van der Waals surface area (Å²) in [6.45, 7) is 0. The van der Waals surface area contributed by atoms with Crippen LogP contribution in [0.4, 0.5) is 5.69 Å². The highest BCUT2D eigenvalue weighted by molar-refractivity contribution is 6.68. The van der Waals surface area contributed by atoms with Crippen molar-refractivity contribution in [2.75, 3.05) is 5.43 Å². The second-order valence-corrected chi connectivity index (χ2v) is 4.51. The summed E-state index contributed by atoms with van der Waals surface area (Å²) in [5, 5.41) is 4.67. The van der Waals surface area contributed by atoms with Crippen LogP contribution in [0, 0.1) is 0 Å². The van der Waals surface area contributed by atoms with Crippen LogP contribution in [0.3, 0.4) is 0 Å². The van der Waals surface area contributed by atoms with Crippen molar-refractivity contribution < 1.29 is 9.21 Å². The van der Waals surface area contributed by atoms with Crippen LogP contribution in [0.25, 0.3) is 0 Å². The van der Waals surface area contributed by atoms with Gasteiger partial charge in [-0.3, -0.25) is 5.43 Å². The highest BCUT2D eigenvalue weighted by atomic mass is 35.5. The Kier molecular flexibility index (Phi) is 4.60. The number of aldehydes is 1. The average Bonchev–Trinajstić information content (AvgIpc) is 2.93. The molecule has 19 heavy (non-hydrogen) atoms. The van der Waals surface area contributed by atoms with Crippen LogP contribution in [0.15, 0.2) is 52.2 Å². The Hall–Kier alpha value is -1.78. The number of hydrogen-bond donors (Lipinski definition) is 1. The normalized spacial score (nSPS) is 13.1. The fraction of sp³-hybridized carbons (Fsp3) is 0.0769. The van der Waals surface area contributed by atoms with Gasteiger partial charge in [-0.05, 0) is 36.4 Å². The third kappa shape index (κ3) is 3.59. The Morgan fingerprint density at radius 2 is 2.05 bits per heavy atom. The van der Waals surface area contributed by atoms with E-state index < -0.39 is 5.92 Å². The first-order valence-electron chi connectivity index (χ1n) is 5.44. The van der Waals surface area contributed by atoms with E-state index in [1.54, 1.807) is 36.4 Å². The molecule has 1 atom stereocenters. The van der Waals surface area contributed by atoms with Gasteiger partial charge < -0.3 is 9.21 Å². The summed E-state index contributed by atoms with van der Waals surface area (Å²) < 4.78 is 5.13. The smallest absolute Gasteiger partial charge is 0.144 e. The first-order valence-corrected chi connectivity index (χ1v) is 6.19. The molecule has 0 fully saturated rings. The lowest BCUT2D eigenvalue weighted by atomic mass is 10.1. The highest BCUT2D eigenvalue weighted by Crippen LogP contribution is 2.19. The van der Waals surface area contributed by atoms with Crippen molar-refractivity contribution in [1.29, 1.82) is 0 Å². The minimum atomic E-state index is -0.712. The highest BCUT2D eigenvalue weighted by Gasteiger charge is 2.18. The maximum Gasteiger partial charge on any atom is 0.144 e. The number of carbonyl (C=O) groups is 1. The molecule has 98 valence electrons. The molecule has 6 heteroatoms. The molecule has 4 nitrogen and oxygen atoms in total. The molecule has 0 saturated heterocycles. The van der Waals surface area contributed by atoms with E-state index in [4.69, 9.17) is 27.6 Å². The van der Waals surface area contributed by atoms with E-state index in [-0.39, 0.29) is 5.17 Å². The molecule has 0 aliphatic rings. The van der Waals surface area contributed by atoms with Crippen molar-refractivity contribution in [3.63, 3.8) is 0 Å². The fourth-order valence-electron chi connectivity index (χ4n) is 1.42. The van der Waals surface area contributed by atoms with Crippen molar-refractivity contribution in [2.45, 2.75) is 5.92 Å². The fourth-order valence-corrected chi connectivity index (χ4v) is 1.75. The second-order valence-electron chi connectivity index (χ2n) is 3.68. The minimum absolute atomic E-state index is 0.0971. The molecule has 0 bridgehead atoms. The number of anilines is 1. The predicted octanol–water partition coefficient (Wildman–Crippen LogP) is 3.88. The van der Waals surface area contributed by atoms with Crippen molar-refractivity contribution in [3.05, 3.63) is 53.4 Å². The lowest BCUT2D eigenvalue weighted by Crippen LogP contribution is -2.09. The van der Waals surface area contributed by atoms with Crippen LogP contribution >= 0.6 is 23.2 Å². The van der Waals surface area contributed by atoms with Crippen LogP contribution < -0.4 is 5.43 Å². The molecule has 0 aliphatic heterocycles. The number of nitrogens with zero attached hydrogens (tertiary/aromatic N) is 1. The topological polar surface area (TPSA) is 54.6 Å². The molecule has 0 spiro atoms. The lowest BCUT2D eigenvalue weighted by Gasteiger charge is -2.06. The summed E-state index contributed by atoms with van der Waals surface area (Å²) in [5.74, 6) is -0.266. The number of hydrazone groups is 1. The van der Waals surface area contributed by atoms with Crippen LogP contribution in [0.1, 0.15) is 11.7 Å². The monoisotopic (exact) mass is 296 g/mol. The summed E-state index contributed by atoms with van der Waals surface area (Å²) in [6.07, 6.45) is 2.15. The standard InChI is InChI=1S/C13H10Cl2N2O2/c14-9-3-5-10(6-4-9)16-17-13(15)11(8-18)12-2-1-7-19-12/h1-8,11,16H. The van der Waals surface area contributed by atoms with Crippen LogP contribution in [0.5, 0.6) is 0 Å². The van der Waals surface area contributed by atoms with Gasteiger partial charge >= 0.3 is 0 Å². The zero-order valence-electron chi connectivity index (χ0n) is 9.72. The SMILES string of the molecule is O=CC(C(Cl)=NNc1ccc(Cl)cc1)c1ccco1.